The lowest BCUT2D eigenvalue weighted by atomic mass is 9.91. The fourth-order valence-corrected chi connectivity index (χ4v) is 4.49. The maximum atomic E-state index is 13.1. The molecule has 2 amide bonds. The molecule has 0 saturated heterocycles. The van der Waals surface area contributed by atoms with Crippen LogP contribution in [0.15, 0.2) is 54.6 Å². The molecule has 2 aromatic carbocycles. The minimum atomic E-state index is 0.0556. The van der Waals surface area contributed by atoms with Crippen LogP contribution in [0, 0.1) is 0 Å². The Kier molecular flexibility index (Phi) is 5.33. The molecule has 0 radical (unpaired) electrons. The van der Waals surface area contributed by atoms with E-state index in [2.05, 4.69) is 47.9 Å². The lowest BCUT2D eigenvalue weighted by molar-refractivity contribution is 0.235. The van der Waals surface area contributed by atoms with E-state index in [0.29, 0.717) is 6.04 Å². The molecule has 1 aliphatic carbocycles. The highest BCUT2D eigenvalue weighted by atomic mass is 16.2. The molecule has 4 nitrogen and oxygen atoms in total. The van der Waals surface area contributed by atoms with Crippen LogP contribution in [0.4, 0.5) is 16.2 Å². The van der Waals surface area contributed by atoms with Crippen molar-refractivity contribution in [2.75, 3.05) is 10.2 Å². The monoisotopic (exact) mass is 363 g/mol. The standard InChI is InChI=1S/C23H29N3O/c1-17-16-21(24-18-10-4-2-5-11-18)20-14-8-9-15-22(20)26(17)23(27)25-19-12-6-3-7-13-19/h2,4-5,8-11,14-15,17,19,21,24H,3,6-7,12-13,16H2,1H3,(H,25,27)/t17-,21+/m0/s1. The highest BCUT2D eigenvalue weighted by molar-refractivity contribution is 5.94. The van der Waals surface area contributed by atoms with Gasteiger partial charge in [-0.25, -0.2) is 4.79 Å². The first kappa shape index (κ1) is 17.9. The Morgan fingerprint density at radius 2 is 1.67 bits per heavy atom. The third-order valence-electron chi connectivity index (χ3n) is 5.86. The van der Waals surface area contributed by atoms with Crippen molar-refractivity contribution in [1.29, 1.82) is 0 Å². The second kappa shape index (κ2) is 8.03. The maximum Gasteiger partial charge on any atom is 0.322 e. The Balaban J connectivity index is 1.56. The van der Waals surface area contributed by atoms with Crippen molar-refractivity contribution in [3.63, 3.8) is 0 Å². The first-order chi connectivity index (χ1) is 13.2. The molecule has 0 spiro atoms. The van der Waals surface area contributed by atoms with Crippen molar-refractivity contribution in [3.05, 3.63) is 60.2 Å². The van der Waals surface area contributed by atoms with Crippen LogP contribution >= 0.6 is 0 Å². The largest absolute Gasteiger partial charge is 0.378 e. The zero-order chi connectivity index (χ0) is 18.6. The SMILES string of the molecule is C[C@H]1C[C@@H](Nc2ccccc2)c2ccccc2N1C(=O)NC1CCCCC1. The summed E-state index contributed by atoms with van der Waals surface area (Å²) in [6, 6.07) is 19.3. The van der Waals surface area contributed by atoms with Gasteiger partial charge >= 0.3 is 6.03 Å². The van der Waals surface area contributed by atoms with Crippen molar-refractivity contribution >= 4 is 17.4 Å². The molecule has 142 valence electrons. The van der Waals surface area contributed by atoms with E-state index in [1.807, 2.05) is 29.2 Å². The van der Waals surface area contributed by atoms with Crippen LogP contribution in [0.1, 0.15) is 57.1 Å². The van der Waals surface area contributed by atoms with Gasteiger partial charge in [-0.3, -0.25) is 4.90 Å². The van der Waals surface area contributed by atoms with Crippen LogP contribution in [0.2, 0.25) is 0 Å². The van der Waals surface area contributed by atoms with Crippen LogP contribution in [-0.2, 0) is 0 Å². The Hall–Kier alpha value is -2.49. The predicted molar refractivity (Wildman–Crippen MR) is 111 cm³/mol. The fraction of sp³-hybridized carbons (Fsp3) is 0.435. The van der Waals surface area contributed by atoms with Gasteiger partial charge in [-0.15, -0.1) is 0 Å². The summed E-state index contributed by atoms with van der Waals surface area (Å²) >= 11 is 0. The van der Waals surface area contributed by atoms with Gasteiger partial charge in [0.05, 0.1) is 11.7 Å². The molecule has 1 aliphatic heterocycles. The van der Waals surface area contributed by atoms with Gasteiger partial charge in [0.25, 0.3) is 0 Å². The molecule has 2 N–H and O–H groups in total. The highest BCUT2D eigenvalue weighted by Crippen LogP contribution is 2.39. The van der Waals surface area contributed by atoms with Gasteiger partial charge in [0.15, 0.2) is 0 Å². The van der Waals surface area contributed by atoms with Crippen molar-refractivity contribution in [2.45, 2.75) is 63.6 Å². The molecule has 1 saturated carbocycles. The number of para-hydroxylation sites is 2. The first-order valence-corrected chi connectivity index (χ1v) is 10.2. The van der Waals surface area contributed by atoms with Crippen LogP contribution in [0.25, 0.3) is 0 Å². The second-order valence-electron chi connectivity index (χ2n) is 7.86. The molecule has 1 heterocycles. The van der Waals surface area contributed by atoms with Crippen molar-refractivity contribution < 1.29 is 4.79 Å². The van der Waals surface area contributed by atoms with Gasteiger partial charge in [0.1, 0.15) is 0 Å². The average Bonchev–Trinajstić information content (AvgIpc) is 2.69. The molecule has 0 unspecified atom stereocenters. The number of anilines is 2. The van der Waals surface area contributed by atoms with E-state index >= 15 is 0 Å². The smallest absolute Gasteiger partial charge is 0.322 e. The summed E-state index contributed by atoms with van der Waals surface area (Å²) in [5.74, 6) is 0. The maximum absolute atomic E-state index is 13.1. The van der Waals surface area contributed by atoms with E-state index in [9.17, 15) is 4.79 Å². The summed E-state index contributed by atoms with van der Waals surface area (Å²) in [5, 5.41) is 6.94. The first-order valence-electron chi connectivity index (χ1n) is 10.2. The number of amides is 2. The fourth-order valence-electron chi connectivity index (χ4n) is 4.49. The van der Waals surface area contributed by atoms with E-state index in [0.717, 1.165) is 30.6 Å². The molecular weight excluding hydrogens is 334 g/mol. The summed E-state index contributed by atoms with van der Waals surface area (Å²) in [6.45, 7) is 2.15. The number of benzene rings is 2. The summed E-state index contributed by atoms with van der Waals surface area (Å²) in [6.07, 6.45) is 6.84. The van der Waals surface area contributed by atoms with Crippen LogP contribution in [0.5, 0.6) is 0 Å². The van der Waals surface area contributed by atoms with Gasteiger partial charge in [-0.1, -0.05) is 55.7 Å². The number of rotatable bonds is 3. The number of hydrogen-bond acceptors (Lipinski definition) is 2. The van der Waals surface area contributed by atoms with Gasteiger partial charge in [0.2, 0.25) is 0 Å². The van der Waals surface area contributed by atoms with Crippen molar-refractivity contribution in [3.8, 4) is 0 Å². The zero-order valence-electron chi connectivity index (χ0n) is 16.0. The summed E-state index contributed by atoms with van der Waals surface area (Å²) in [7, 11) is 0. The Bertz CT molecular complexity index is 770. The van der Waals surface area contributed by atoms with Crippen LogP contribution < -0.4 is 15.5 Å². The Morgan fingerprint density at radius 3 is 2.44 bits per heavy atom. The Labute approximate surface area is 162 Å². The van der Waals surface area contributed by atoms with Crippen molar-refractivity contribution in [2.24, 2.45) is 0 Å². The molecule has 2 aromatic rings. The molecule has 27 heavy (non-hydrogen) atoms. The van der Waals surface area contributed by atoms with E-state index in [-0.39, 0.29) is 18.1 Å². The molecule has 4 heteroatoms. The number of fused-ring (bicyclic) bond motifs is 1. The molecule has 1 fully saturated rings. The number of carbonyl (C=O) groups is 1. The second-order valence-corrected chi connectivity index (χ2v) is 7.86. The minimum Gasteiger partial charge on any atom is -0.378 e. The molecule has 4 rings (SSSR count). The van der Waals surface area contributed by atoms with Gasteiger partial charge in [-0.05, 0) is 49.9 Å². The lowest BCUT2D eigenvalue weighted by Gasteiger charge is -2.40. The van der Waals surface area contributed by atoms with Crippen LogP contribution in [0.3, 0.4) is 0 Å². The highest BCUT2D eigenvalue weighted by Gasteiger charge is 2.34. The van der Waals surface area contributed by atoms with Gasteiger partial charge in [-0.2, -0.15) is 0 Å². The quantitative estimate of drug-likeness (QED) is 0.758. The summed E-state index contributed by atoms with van der Waals surface area (Å²) in [5.41, 5.74) is 3.33. The number of nitrogens with zero attached hydrogens (tertiary/aromatic N) is 1. The third-order valence-corrected chi connectivity index (χ3v) is 5.86. The van der Waals surface area contributed by atoms with E-state index in [4.69, 9.17) is 0 Å². The number of hydrogen-bond donors (Lipinski definition) is 2. The third kappa shape index (κ3) is 3.95. The normalized spacial score (nSPS) is 22.8. The number of nitrogens with one attached hydrogen (secondary N) is 2. The van der Waals surface area contributed by atoms with E-state index in [1.54, 1.807) is 0 Å². The lowest BCUT2D eigenvalue weighted by Crippen LogP contribution is -2.51. The topological polar surface area (TPSA) is 44.4 Å². The van der Waals surface area contributed by atoms with Gasteiger partial charge in [0, 0.05) is 17.8 Å². The zero-order valence-corrected chi connectivity index (χ0v) is 16.0. The van der Waals surface area contributed by atoms with E-state index in [1.165, 1.54) is 24.8 Å². The molecule has 0 bridgehead atoms. The van der Waals surface area contributed by atoms with Crippen LogP contribution in [-0.4, -0.2) is 18.1 Å². The predicted octanol–water partition coefficient (Wildman–Crippen LogP) is 5.48. The van der Waals surface area contributed by atoms with Crippen molar-refractivity contribution in [1.82, 2.24) is 5.32 Å². The minimum absolute atomic E-state index is 0.0556. The van der Waals surface area contributed by atoms with E-state index < -0.39 is 0 Å². The molecule has 0 aromatic heterocycles. The molecular formula is C23H29N3O. The molecule has 2 atom stereocenters. The number of urea groups is 1. The Morgan fingerprint density at radius 1 is 0.963 bits per heavy atom. The molecule has 2 aliphatic rings. The average molecular weight is 364 g/mol. The summed E-state index contributed by atoms with van der Waals surface area (Å²) < 4.78 is 0. The van der Waals surface area contributed by atoms with Gasteiger partial charge < -0.3 is 10.6 Å². The number of carbonyl (C=O) groups excluding carboxylic acids is 1. The summed E-state index contributed by atoms with van der Waals surface area (Å²) in [4.78, 5) is 15.1.